The van der Waals surface area contributed by atoms with E-state index >= 15 is 0 Å². The number of likely N-dealkylation sites (N-methyl/N-ethyl adjacent to an activating group) is 1. The van der Waals surface area contributed by atoms with Crippen molar-refractivity contribution in [3.05, 3.63) is 0 Å². The molecule has 7 rings (SSSR count). The third-order valence-electron chi connectivity index (χ3n) is 16.3. The molecule has 0 aromatic heterocycles. The summed E-state index contributed by atoms with van der Waals surface area (Å²) in [4.78, 5) is 50.2. The minimum Gasteiger partial charge on any atom is -0.394 e. The van der Waals surface area contributed by atoms with Crippen molar-refractivity contribution in [2.45, 2.75) is 160 Å². The Hall–Kier alpha value is -1.83. The van der Waals surface area contributed by atoms with E-state index in [4.69, 9.17) is 9.57 Å². The molecule has 6 saturated carbocycles. The fourth-order valence-corrected chi connectivity index (χ4v) is 12.9. The van der Waals surface area contributed by atoms with Gasteiger partial charge in [0, 0.05) is 50.5 Å². The van der Waals surface area contributed by atoms with Gasteiger partial charge in [-0.1, -0.05) is 59.3 Å². The van der Waals surface area contributed by atoms with Gasteiger partial charge in [0.15, 0.2) is 0 Å². The standard InChI is InChI=1S/C44H77N5O7/c1-25-34-21-31(44(34,3)4)22-35(25)46-43(54)39-38(26(2)51)37(24-50)56-49(39)23-28-15-12-16-33(40(28)55-8)29-18-30(20-32(19-29)48(6)7)41(52)47-36(42(53)45-5)17-27-13-10-9-11-14-27/h25-40,50-51H,9-24H2,1-8H3,(H,45,53)(H,46,54)(H,47,52)/t25-,26-,28?,29?,30?,31+,32?,33?,34-,35-,36+,37-,38+,39-,40?/m0/s1. The molecule has 56 heavy (non-hydrogen) atoms. The summed E-state index contributed by atoms with van der Waals surface area (Å²) in [5.41, 5.74) is 0.303. The number of aliphatic hydroxyl groups is 2. The molecule has 3 amide bonds. The second-order valence-electron chi connectivity index (χ2n) is 20.0. The van der Waals surface area contributed by atoms with Crippen molar-refractivity contribution in [2.24, 2.45) is 58.7 Å². The van der Waals surface area contributed by atoms with Crippen molar-refractivity contribution in [3.63, 3.8) is 0 Å². The Kier molecular flexibility index (Phi) is 14.5. The van der Waals surface area contributed by atoms with Crippen LogP contribution in [-0.4, -0.2) is 122 Å². The third kappa shape index (κ3) is 9.15. The Morgan fingerprint density at radius 2 is 1.71 bits per heavy atom. The molecule has 6 unspecified atom stereocenters. The van der Waals surface area contributed by atoms with Gasteiger partial charge in [-0.05, 0) is 113 Å². The number of hydrogen-bond acceptors (Lipinski definition) is 9. The zero-order valence-corrected chi connectivity index (χ0v) is 35.9. The number of methoxy groups -OCH3 is 1. The van der Waals surface area contributed by atoms with Crippen LogP contribution in [0.4, 0.5) is 0 Å². The number of nitrogens with one attached hydrogen (secondary N) is 3. The summed E-state index contributed by atoms with van der Waals surface area (Å²) in [6, 6.07) is -0.941. The van der Waals surface area contributed by atoms with E-state index in [0.717, 1.165) is 57.8 Å². The lowest BCUT2D eigenvalue weighted by Crippen LogP contribution is -2.62. The van der Waals surface area contributed by atoms with Crippen LogP contribution in [0.5, 0.6) is 0 Å². The van der Waals surface area contributed by atoms with Gasteiger partial charge in [-0.15, -0.1) is 0 Å². The maximum atomic E-state index is 14.4. The van der Waals surface area contributed by atoms with E-state index in [-0.39, 0.29) is 66.2 Å². The van der Waals surface area contributed by atoms with Crippen molar-refractivity contribution in [3.8, 4) is 0 Å². The number of aliphatic hydroxyl groups excluding tert-OH is 2. The molecule has 12 heteroatoms. The third-order valence-corrected chi connectivity index (χ3v) is 16.3. The molecule has 1 heterocycles. The van der Waals surface area contributed by atoms with Crippen molar-refractivity contribution in [2.75, 3.05) is 41.4 Å². The van der Waals surface area contributed by atoms with Crippen molar-refractivity contribution in [1.82, 2.24) is 25.9 Å². The molecule has 5 N–H and O–H groups in total. The fourth-order valence-electron chi connectivity index (χ4n) is 12.9. The quantitative estimate of drug-likeness (QED) is 0.175. The zero-order valence-electron chi connectivity index (χ0n) is 35.9. The lowest BCUT2D eigenvalue weighted by Gasteiger charge is -2.62. The highest BCUT2D eigenvalue weighted by Crippen LogP contribution is 2.61. The van der Waals surface area contributed by atoms with Crippen LogP contribution in [0.15, 0.2) is 0 Å². The zero-order chi connectivity index (χ0) is 40.5. The molecule has 2 bridgehead atoms. The van der Waals surface area contributed by atoms with E-state index in [0.29, 0.717) is 42.1 Å². The van der Waals surface area contributed by atoms with Gasteiger partial charge in [0.2, 0.25) is 17.7 Å². The highest BCUT2D eigenvalue weighted by molar-refractivity contribution is 5.88. The summed E-state index contributed by atoms with van der Waals surface area (Å²) >= 11 is 0. The first-order valence-electron chi connectivity index (χ1n) is 22.4. The SMILES string of the molecule is CNC(=O)[C@@H](CC1CCCCC1)NC(=O)C1CC(C2CCCC(CN3O[C@@H](CO)[C@@H]([C@H](C)O)[C@H]3C(=O)N[C@H]3C[C@H]4C[C@@H]([C@@H]3C)C4(C)C)C2OC)CC(N(C)C)C1. The van der Waals surface area contributed by atoms with Crippen LogP contribution in [0, 0.1) is 58.7 Å². The summed E-state index contributed by atoms with van der Waals surface area (Å²) in [6.45, 7) is 8.84. The molecule has 6 aliphatic carbocycles. The van der Waals surface area contributed by atoms with E-state index < -0.39 is 30.2 Å². The molecule has 0 radical (unpaired) electrons. The monoisotopic (exact) mass is 788 g/mol. The Balaban J connectivity index is 1.16. The second-order valence-corrected chi connectivity index (χ2v) is 20.0. The largest absolute Gasteiger partial charge is 0.394 e. The van der Waals surface area contributed by atoms with Crippen LogP contribution in [0.1, 0.15) is 118 Å². The number of carbonyl (C=O) groups is 3. The van der Waals surface area contributed by atoms with Gasteiger partial charge in [-0.2, -0.15) is 5.06 Å². The van der Waals surface area contributed by atoms with Gasteiger partial charge in [-0.3, -0.25) is 19.2 Å². The van der Waals surface area contributed by atoms with Gasteiger partial charge < -0.3 is 35.8 Å². The number of fused-ring (bicyclic) bond motifs is 2. The van der Waals surface area contributed by atoms with Gasteiger partial charge in [0.25, 0.3) is 0 Å². The molecule has 0 spiro atoms. The number of ether oxygens (including phenoxy) is 1. The number of rotatable bonds is 14. The summed E-state index contributed by atoms with van der Waals surface area (Å²) < 4.78 is 6.41. The van der Waals surface area contributed by atoms with Crippen LogP contribution in [0.2, 0.25) is 0 Å². The number of hydrogen-bond donors (Lipinski definition) is 5. The van der Waals surface area contributed by atoms with E-state index in [1.54, 1.807) is 26.1 Å². The highest BCUT2D eigenvalue weighted by atomic mass is 16.7. The predicted octanol–water partition coefficient (Wildman–Crippen LogP) is 4.13. The number of nitrogens with zero attached hydrogens (tertiary/aromatic N) is 2. The van der Waals surface area contributed by atoms with Crippen LogP contribution in [0.3, 0.4) is 0 Å². The lowest BCUT2D eigenvalue weighted by molar-refractivity contribution is -0.193. The summed E-state index contributed by atoms with van der Waals surface area (Å²) in [7, 11) is 7.63. The Bertz CT molecular complexity index is 1340. The van der Waals surface area contributed by atoms with Crippen LogP contribution < -0.4 is 16.0 Å². The molecule has 15 atom stereocenters. The summed E-state index contributed by atoms with van der Waals surface area (Å²) in [5, 5.41) is 32.7. The molecule has 12 nitrogen and oxygen atoms in total. The van der Waals surface area contributed by atoms with Crippen LogP contribution in [0.25, 0.3) is 0 Å². The number of carbonyl (C=O) groups excluding carboxylic acids is 3. The Morgan fingerprint density at radius 3 is 2.32 bits per heavy atom. The number of amides is 3. The molecule has 7 fully saturated rings. The minimum atomic E-state index is -0.847. The smallest absolute Gasteiger partial charge is 0.242 e. The molecule has 1 saturated heterocycles. The van der Waals surface area contributed by atoms with Gasteiger partial charge >= 0.3 is 0 Å². The van der Waals surface area contributed by atoms with Crippen molar-refractivity contribution in [1.29, 1.82) is 0 Å². The average Bonchev–Trinajstić information content (AvgIpc) is 3.56. The fraction of sp³-hybridized carbons (Fsp3) is 0.932. The van der Waals surface area contributed by atoms with Crippen LogP contribution >= 0.6 is 0 Å². The van der Waals surface area contributed by atoms with Gasteiger partial charge in [0.05, 0.1) is 18.8 Å². The Labute approximate surface area is 337 Å². The predicted molar refractivity (Wildman–Crippen MR) is 216 cm³/mol. The van der Waals surface area contributed by atoms with E-state index in [1.165, 1.54) is 25.7 Å². The maximum absolute atomic E-state index is 14.4. The van der Waals surface area contributed by atoms with Crippen molar-refractivity contribution >= 4 is 17.7 Å². The molecule has 7 aliphatic rings. The first kappa shape index (κ1) is 43.7. The topological polar surface area (TPSA) is 153 Å². The average molecular weight is 788 g/mol. The Morgan fingerprint density at radius 1 is 0.982 bits per heavy atom. The highest BCUT2D eigenvalue weighted by Gasteiger charge is 2.58. The van der Waals surface area contributed by atoms with Crippen molar-refractivity contribution < 1.29 is 34.2 Å². The molecule has 0 aromatic rings. The molecular formula is C44H77N5O7. The summed E-state index contributed by atoms with van der Waals surface area (Å²) in [5.74, 6) is 1.49. The molecule has 0 aromatic carbocycles. The minimum absolute atomic E-state index is 0.0148. The number of hydroxylamine groups is 2. The van der Waals surface area contributed by atoms with E-state index in [9.17, 15) is 24.6 Å². The molecule has 1 aliphatic heterocycles. The van der Waals surface area contributed by atoms with Crippen LogP contribution in [-0.2, 0) is 24.0 Å². The first-order chi connectivity index (χ1) is 26.7. The van der Waals surface area contributed by atoms with Gasteiger partial charge in [-0.25, -0.2) is 0 Å². The summed E-state index contributed by atoms with van der Waals surface area (Å²) in [6.07, 6.45) is 12.5. The first-order valence-corrected chi connectivity index (χ1v) is 22.4. The van der Waals surface area contributed by atoms with E-state index in [1.807, 2.05) is 0 Å². The second kappa shape index (κ2) is 18.6. The normalized spacial score (nSPS) is 40.0. The maximum Gasteiger partial charge on any atom is 0.242 e. The van der Waals surface area contributed by atoms with E-state index in [2.05, 4.69) is 55.7 Å². The molecular weight excluding hydrogens is 711 g/mol. The lowest BCUT2D eigenvalue weighted by atomic mass is 9.45. The molecule has 320 valence electrons. The van der Waals surface area contributed by atoms with Gasteiger partial charge in [0.1, 0.15) is 18.2 Å².